The molecule has 25 heavy (non-hydrogen) atoms. The molecule has 130 valence electrons. The normalized spacial score (nSPS) is 11.5. The third-order valence-corrected chi connectivity index (χ3v) is 3.79. The lowest BCUT2D eigenvalue weighted by Crippen LogP contribution is -2.09. The van der Waals surface area contributed by atoms with Crippen LogP contribution in [0.1, 0.15) is 0 Å². The van der Waals surface area contributed by atoms with Gasteiger partial charge in [-0.2, -0.15) is 0 Å². The predicted octanol–water partition coefficient (Wildman–Crippen LogP) is 3.08. The van der Waals surface area contributed by atoms with E-state index < -0.39 is 24.8 Å². The van der Waals surface area contributed by atoms with Crippen molar-refractivity contribution >= 4 is 18.8 Å². The molecule has 7 nitrogen and oxygen atoms in total. The van der Waals surface area contributed by atoms with Gasteiger partial charge in [0.25, 0.3) is 0 Å². The zero-order chi connectivity index (χ0) is 18.2. The van der Waals surface area contributed by atoms with Crippen LogP contribution in [0, 0.1) is 5.82 Å². The highest BCUT2D eigenvalue weighted by Crippen LogP contribution is 2.41. The van der Waals surface area contributed by atoms with Gasteiger partial charge in [-0.3, -0.25) is 14.6 Å². The summed E-state index contributed by atoms with van der Waals surface area (Å²) >= 11 is 0. The molecular weight excluding hydrogens is 354 g/mol. The predicted molar refractivity (Wildman–Crippen MR) is 87.1 cm³/mol. The van der Waals surface area contributed by atoms with Gasteiger partial charge in [0.15, 0.2) is 5.76 Å². The Morgan fingerprint density at radius 1 is 1.12 bits per heavy atom. The second-order valence-corrected chi connectivity index (χ2v) is 6.20. The van der Waals surface area contributed by atoms with Crippen molar-refractivity contribution in [2.45, 2.75) is 0 Å². The van der Waals surface area contributed by atoms with E-state index in [1.807, 2.05) is 0 Å². The molecule has 3 rings (SSSR count). The van der Waals surface area contributed by atoms with Crippen molar-refractivity contribution in [1.29, 1.82) is 0 Å². The van der Waals surface area contributed by atoms with E-state index >= 15 is 0 Å². The summed E-state index contributed by atoms with van der Waals surface area (Å²) in [5, 5.41) is 0.0510. The highest BCUT2D eigenvalue weighted by atomic mass is 31.2. The third-order valence-electron chi connectivity index (χ3n) is 3.37. The molecule has 1 heterocycles. The van der Waals surface area contributed by atoms with E-state index in [4.69, 9.17) is 18.9 Å². The molecule has 0 amide bonds. The molecule has 0 fully saturated rings. The molecule has 0 saturated carbocycles. The van der Waals surface area contributed by atoms with E-state index in [9.17, 15) is 13.8 Å². The SMILES string of the molecule is COc1ccc2c(=O)c(OP(=O)(O)O)c(-c3ccc(F)cc3)oc2c1. The van der Waals surface area contributed by atoms with Gasteiger partial charge in [0.1, 0.15) is 17.1 Å². The van der Waals surface area contributed by atoms with Crippen molar-refractivity contribution < 1.29 is 32.4 Å². The first-order valence-electron chi connectivity index (χ1n) is 6.94. The Kier molecular flexibility index (Phi) is 4.34. The van der Waals surface area contributed by atoms with Crippen molar-refractivity contribution in [3.8, 4) is 22.8 Å². The van der Waals surface area contributed by atoms with Crippen LogP contribution in [-0.2, 0) is 4.57 Å². The molecule has 0 aliphatic carbocycles. The minimum Gasteiger partial charge on any atom is -0.497 e. The number of ether oxygens (including phenoxy) is 1. The van der Waals surface area contributed by atoms with Gasteiger partial charge in [-0.05, 0) is 36.4 Å². The average molecular weight is 366 g/mol. The van der Waals surface area contributed by atoms with Gasteiger partial charge >= 0.3 is 7.82 Å². The minimum atomic E-state index is -5.02. The standard InChI is InChI=1S/C16H12FO7P/c1-22-11-6-7-12-13(8-11)23-15(9-2-4-10(17)5-3-9)16(14(12)18)24-25(19,20)21/h2-8H,1H3,(H2,19,20,21). The number of phosphoric ester groups is 1. The number of rotatable bonds is 4. The number of benzene rings is 2. The maximum Gasteiger partial charge on any atom is 0.525 e. The fraction of sp³-hybridized carbons (Fsp3) is 0.0625. The van der Waals surface area contributed by atoms with Crippen molar-refractivity contribution in [3.63, 3.8) is 0 Å². The summed E-state index contributed by atoms with van der Waals surface area (Å²) in [4.78, 5) is 30.8. The van der Waals surface area contributed by atoms with Crippen LogP contribution in [-0.4, -0.2) is 16.9 Å². The van der Waals surface area contributed by atoms with Crippen molar-refractivity contribution in [1.82, 2.24) is 0 Å². The van der Waals surface area contributed by atoms with E-state index in [2.05, 4.69) is 4.52 Å². The monoisotopic (exact) mass is 366 g/mol. The Hall–Kier alpha value is -2.67. The third kappa shape index (κ3) is 3.56. The van der Waals surface area contributed by atoms with E-state index in [0.717, 1.165) is 12.1 Å². The van der Waals surface area contributed by atoms with Gasteiger partial charge in [0.05, 0.1) is 12.5 Å². The zero-order valence-electron chi connectivity index (χ0n) is 12.8. The minimum absolute atomic E-state index is 0.0510. The molecule has 3 aromatic rings. The number of hydrogen-bond donors (Lipinski definition) is 2. The molecule has 0 bridgehead atoms. The Labute approximate surface area is 140 Å². The van der Waals surface area contributed by atoms with Crippen LogP contribution in [0.5, 0.6) is 11.5 Å². The lowest BCUT2D eigenvalue weighted by atomic mass is 10.1. The van der Waals surface area contributed by atoms with Gasteiger partial charge in [-0.25, -0.2) is 8.96 Å². The molecule has 0 aliphatic rings. The highest BCUT2D eigenvalue weighted by Gasteiger charge is 2.25. The Bertz CT molecular complexity index is 1040. The first-order valence-corrected chi connectivity index (χ1v) is 8.47. The molecule has 0 aliphatic heterocycles. The molecule has 1 aromatic heterocycles. The topological polar surface area (TPSA) is 106 Å². The van der Waals surface area contributed by atoms with E-state index in [1.54, 1.807) is 0 Å². The molecule has 0 spiro atoms. The maximum atomic E-state index is 13.1. The van der Waals surface area contributed by atoms with E-state index in [1.165, 1.54) is 37.4 Å². The van der Waals surface area contributed by atoms with Crippen LogP contribution in [0.2, 0.25) is 0 Å². The summed E-state index contributed by atoms with van der Waals surface area (Å²) in [5.41, 5.74) is -0.431. The van der Waals surface area contributed by atoms with Crippen molar-refractivity contribution in [3.05, 3.63) is 58.5 Å². The van der Waals surface area contributed by atoms with Crippen LogP contribution in [0.4, 0.5) is 4.39 Å². The quantitative estimate of drug-likeness (QED) is 0.684. The van der Waals surface area contributed by atoms with Crippen molar-refractivity contribution in [2.24, 2.45) is 0 Å². The lowest BCUT2D eigenvalue weighted by Gasteiger charge is -2.12. The van der Waals surface area contributed by atoms with Crippen LogP contribution < -0.4 is 14.7 Å². The number of fused-ring (bicyclic) bond motifs is 1. The second-order valence-electron chi connectivity index (χ2n) is 5.04. The number of methoxy groups -OCH3 is 1. The largest absolute Gasteiger partial charge is 0.525 e. The molecule has 0 saturated heterocycles. The van der Waals surface area contributed by atoms with Crippen LogP contribution in [0.3, 0.4) is 0 Å². The maximum absolute atomic E-state index is 13.1. The van der Waals surface area contributed by atoms with E-state index in [-0.39, 0.29) is 22.3 Å². The zero-order valence-corrected chi connectivity index (χ0v) is 13.7. The van der Waals surface area contributed by atoms with Crippen molar-refractivity contribution in [2.75, 3.05) is 7.11 Å². The number of halogens is 1. The summed E-state index contributed by atoms with van der Waals surface area (Å²) in [7, 11) is -3.59. The number of hydrogen-bond acceptors (Lipinski definition) is 5. The highest BCUT2D eigenvalue weighted by molar-refractivity contribution is 7.46. The van der Waals surface area contributed by atoms with Gasteiger partial charge < -0.3 is 13.7 Å². The van der Waals surface area contributed by atoms with Crippen LogP contribution in [0.25, 0.3) is 22.3 Å². The molecule has 2 N–H and O–H groups in total. The molecule has 0 radical (unpaired) electrons. The molecule has 9 heteroatoms. The fourth-order valence-corrected chi connectivity index (χ4v) is 2.68. The summed E-state index contributed by atoms with van der Waals surface area (Å²) in [5.74, 6) is -0.984. The lowest BCUT2D eigenvalue weighted by molar-refractivity contribution is 0.280. The van der Waals surface area contributed by atoms with Crippen LogP contribution in [0.15, 0.2) is 51.7 Å². The Balaban J connectivity index is 2.34. The molecule has 0 unspecified atom stereocenters. The molecular formula is C16H12FO7P. The smallest absolute Gasteiger partial charge is 0.497 e. The first-order chi connectivity index (χ1) is 11.8. The van der Waals surface area contributed by atoms with Gasteiger partial charge in [-0.1, -0.05) is 0 Å². The van der Waals surface area contributed by atoms with E-state index in [0.29, 0.717) is 5.75 Å². The Morgan fingerprint density at radius 2 is 1.80 bits per heavy atom. The summed E-state index contributed by atoms with van der Waals surface area (Å²) in [6, 6.07) is 9.17. The van der Waals surface area contributed by atoms with Gasteiger partial charge in [0.2, 0.25) is 11.2 Å². The first kappa shape index (κ1) is 17.2. The Morgan fingerprint density at radius 3 is 2.40 bits per heavy atom. The average Bonchev–Trinajstić information content (AvgIpc) is 2.56. The summed E-state index contributed by atoms with van der Waals surface area (Å²) < 4.78 is 39.6. The second kappa shape index (κ2) is 6.33. The molecule has 2 aromatic carbocycles. The summed E-state index contributed by atoms with van der Waals surface area (Å²) in [6.45, 7) is 0. The fourth-order valence-electron chi connectivity index (χ4n) is 2.28. The van der Waals surface area contributed by atoms with Gasteiger partial charge in [0, 0.05) is 11.6 Å². The van der Waals surface area contributed by atoms with Gasteiger partial charge in [-0.15, -0.1) is 0 Å². The summed E-state index contributed by atoms with van der Waals surface area (Å²) in [6.07, 6.45) is 0. The number of phosphoric acid groups is 1. The molecule has 0 atom stereocenters. The van der Waals surface area contributed by atoms with Crippen LogP contribution >= 0.6 is 7.82 Å².